The number of fused-ring (bicyclic) bond motifs is 2. The maximum Gasteiger partial charge on any atom is 0.0633 e. The number of allylic oxidation sites excluding steroid dienone is 1. The standard InChI is InChI=1S/C11H18O2/c1-2-3-4-10(12)9-7-8-5-6-11(9)13-8/h2,8-12H,1,3-7H2. The average Bonchev–Trinajstić information content (AvgIpc) is 2.74. The molecule has 0 amide bonds. The predicted octanol–water partition coefficient (Wildman–Crippen LogP) is 1.88. The van der Waals surface area contributed by atoms with Gasteiger partial charge in [0, 0.05) is 5.92 Å². The van der Waals surface area contributed by atoms with Gasteiger partial charge in [0.15, 0.2) is 0 Å². The highest BCUT2D eigenvalue weighted by atomic mass is 16.5. The van der Waals surface area contributed by atoms with Gasteiger partial charge in [-0.05, 0) is 32.1 Å². The number of hydrogen-bond donors (Lipinski definition) is 1. The summed E-state index contributed by atoms with van der Waals surface area (Å²) < 4.78 is 5.70. The molecule has 2 nitrogen and oxygen atoms in total. The molecule has 2 aliphatic heterocycles. The van der Waals surface area contributed by atoms with Crippen LogP contribution in [0.25, 0.3) is 0 Å². The molecular formula is C11H18O2. The third-order valence-corrected chi connectivity index (χ3v) is 3.31. The van der Waals surface area contributed by atoms with Crippen LogP contribution in [0.4, 0.5) is 0 Å². The van der Waals surface area contributed by atoms with E-state index in [-0.39, 0.29) is 6.10 Å². The SMILES string of the molecule is C=CCCC(O)C1CC2CCC1O2. The van der Waals surface area contributed by atoms with Gasteiger partial charge >= 0.3 is 0 Å². The first-order valence-corrected chi connectivity index (χ1v) is 5.25. The number of ether oxygens (including phenoxy) is 1. The van der Waals surface area contributed by atoms with E-state index in [1.165, 1.54) is 6.42 Å². The molecule has 0 aliphatic carbocycles. The second-order valence-electron chi connectivity index (χ2n) is 4.21. The van der Waals surface area contributed by atoms with Crippen molar-refractivity contribution in [3.8, 4) is 0 Å². The van der Waals surface area contributed by atoms with Crippen LogP contribution in [0.3, 0.4) is 0 Å². The first-order chi connectivity index (χ1) is 6.31. The molecule has 0 saturated carbocycles. The molecule has 13 heavy (non-hydrogen) atoms. The van der Waals surface area contributed by atoms with E-state index in [1.54, 1.807) is 0 Å². The van der Waals surface area contributed by atoms with Crippen LogP contribution >= 0.6 is 0 Å². The normalized spacial score (nSPS) is 39.3. The van der Waals surface area contributed by atoms with Gasteiger partial charge in [0.1, 0.15) is 0 Å². The predicted molar refractivity (Wildman–Crippen MR) is 51.4 cm³/mol. The van der Waals surface area contributed by atoms with Crippen LogP contribution in [0.1, 0.15) is 32.1 Å². The molecule has 0 aromatic heterocycles. The highest BCUT2D eigenvalue weighted by Crippen LogP contribution is 2.41. The van der Waals surface area contributed by atoms with Gasteiger partial charge in [0.2, 0.25) is 0 Å². The molecule has 2 aliphatic rings. The lowest BCUT2D eigenvalue weighted by molar-refractivity contribution is 0.0394. The van der Waals surface area contributed by atoms with Crippen LogP contribution < -0.4 is 0 Å². The minimum absolute atomic E-state index is 0.173. The van der Waals surface area contributed by atoms with E-state index < -0.39 is 0 Å². The number of aliphatic hydroxyl groups excluding tert-OH is 1. The molecule has 0 aromatic rings. The molecule has 2 heteroatoms. The van der Waals surface area contributed by atoms with Gasteiger partial charge in [0.05, 0.1) is 18.3 Å². The molecular weight excluding hydrogens is 164 g/mol. The third kappa shape index (κ3) is 1.79. The van der Waals surface area contributed by atoms with E-state index in [4.69, 9.17) is 4.74 Å². The van der Waals surface area contributed by atoms with Crippen LogP contribution in [0, 0.1) is 5.92 Å². The molecule has 74 valence electrons. The van der Waals surface area contributed by atoms with E-state index in [1.807, 2.05) is 6.08 Å². The Bertz CT molecular complexity index is 191. The lowest BCUT2D eigenvalue weighted by atomic mass is 9.84. The Morgan fingerprint density at radius 1 is 1.54 bits per heavy atom. The van der Waals surface area contributed by atoms with Crippen LogP contribution in [0.15, 0.2) is 12.7 Å². The summed E-state index contributed by atoms with van der Waals surface area (Å²) in [6.07, 6.45) is 7.69. The quantitative estimate of drug-likeness (QED) is 0.673. The molecule has 2 bridgehead atoms. The Morgan fingerprint density at radius 3 is 2.92 bits per heavy atom. The highest BCUT2D eigenvalue weighted by molar-refractivity contribution is 4.93. The molecule has 2 saturated heterocycles. The average molecular weight is 182 g/mol. The fraction of sp³-hybridized carbons (Fsp3) is 0.818. The third-order valence-electron chi connectivity index (χ3n) is 3.31. The maximum absolute atomic E-state index is 9.87. The Labute approximate surface area is 79.6 Å². The van der Waals surface area contributed by atoms with Gasteiger partial charge in [-0.25, -0.2) is 0 Å². The summed E-state index contributed by atoms with van der Waals surface area (Å²) in [4.78, 5) is 0. The summed E-state index contributed by atoms with van der Waals surface area (Å²) in [7, 11) is 0. The number of hydrogen-bond acceptors (Lipinski definition) is 2. The van der Waals surface area contributed by atoms with Crippen molar-refractivity contribution in [3.63, 3.8) is 0 Å². The lowest BCUT2D eigenvalue weighted by Crippen LogP contribution is -2.29. The number of rotatable bonds is 4. The van der Waals surface area contributed by atoms with Crippen molar-refractivity contribution in [2.24, 2.45) is 5.92 Å². The molecule has 4 atom stereocenters. The van der Waals surface area contributed by atoms with Crippen molar-refractivity contribution in [3.05, 3.63) is 12.7 Å². The van der Waals surface area contributed by atoms with E-state index in [2.05, 4.69) is 6.58 Å². The summed E-state index contributed by atoms with van der Waals surface area (Å²) >= 11 is 0. The number of aliphatic hydroxyl groups is 1. The summed E-state index contributed by atoms with van der Waals surface area (Å²) in [6, 6.07) is 0. The zero-order chi connectivity index (χ0) is 9.26. The lowest BCUT2D eigenvalue weighted by Gasteiger charge is -2.23. The molecule has 1 N–H and O–H groups in total. The van der Waals surface area contributed by atoms with Crippen molar-refractivity contribution in [2.75, 3.05) is 0 Å². The van der Waals surface area contributed by atoms with Crippen molar-refractivity contribution < 1.29 is 9.84 Å². The second-order valence-corrected chi connectivity index (χ2v) is 4.21. The topological polar surface area (TPSA) is 29.5 Å². The van der Waals surface area contributed by atoms with Gasteiger partial charge in [0.25, 0.3) is 0 Å². The summed E-state index contributed by atoms with van der Waals surface area (Å²) in [5.74, 6) is 0.402. The Hall–Kier alpha value is -0.340. The van der Waals surface area contributed by atoms with Crippen LogP contribution in [0.5, 0.6) is 0 Å². The largest absolute Gasteiger partial charge is 0.393 e. The van der Waals surface area contributed by atoms with Crippen LogP contribution in [-0.2, 0) is 4.74 Å². The second kappa shape index (κ2) is 3.81. The van der Waals surface area contributed by atoms with Gasteiger partial charge in [-0.15, -0.1) is 6.58 Å². The molecule has 4 unspecified atom stereocenters. The van der Waals surface area contributed by atoms with Crippen LogP contribution in [-0.4, -0.2) is 23.4 Å². The van der Waals surface area contributed by atoms with Crippen molar-refractivity contribution in [1.82, 2.24) is 0 Å². The zero-order valence-corrected chi connectivity index (χ0v) is 7.98. The van der Waals surface area contributed by atoms with Crippen molar-refractivity contribution in [1.29, 1.82) is 0 Å². The minimum Gasteiger partial charge on any atom is -0.393 e. The molecule has 0 spiro atoms. The summed E-state index contributed by atoms with van der Waals surface area (Å²) in [6.45, 7) is 3.66. The molecule has 2 heterocycles. The molecule has 0 radical (unpaired) electrons. The van der Waals surface area contributed by atoms with E-state index >= 15 is 0 Å². The first kappa shape index (κ1) is 9.22. The highest BCUT2D eigenvalue weighted by Gasteiger charge is 2.43. The van der Waals surface area contributed by atoms with Gasteiger partial charge in [-0.2, -0.15) is 0 Å². The van der Waals surface area contributed by atoms with Crippen LogP contribution in [0.2, 0.25) is 0 Å². The van der Waals surface area contributed by atoms with Gasteiger partial charge in [-0.3, -0.25) is 0 Å². The monoisotopic (exact) mass is 182 g/mol. The summed E-state index contributed by atoms with van der Waals surface area (Å²) in [5, 5.41) is 9.87. The zero-order valence-electron chi connectivity index (χ0n) is 7.98. The fourth-order valence-corrected chi connectivity index (χ4v) is 2.58. The first-order valence-electron chi connectivity index (χ1n) is 5.25. The molecule has 2 fully saturated rings. The minimum atomic E-state index is -0.173. The van der Waals surface area contributed by atoms with E-state index in [0.29, 0.717) is 18.1 Å². The van der Waals surface area contributed by atoms with Crippen molar-refractivity contribution in [2.45, 2.75) is 50.4 Å². The Balaban J connectivity index is 1.83. The fourth-order valence-electron chi connectivity index (χ4n) is 2.58. The maximum atomic E-state index is 9.87. The summed E-state index contributed by atoms with van der Waals surface area (Å²) in [5.41, 5.74) is 0. The Morgan fingerprint density at radius 2 is 2.38 bits per heavy atom. The van der Waals surface area contributed by atoms with Crippen molar-refractivity contribution >= 4 is 0 Å². The van der Waals surface area contributed by atoms with Gasteiger partial charge in [-0.1, -0.05) is 6.08 Å². The molecule has 0 aromatic carbocycles. The smallest absolute Gasteiger partial charge is 0.0633 e. The van der Waals surface area contributed by atoms with Gasteiger partial charge < -0.3 is 9.84 Å². The Kier molecular flexibility index (Phi) is 2.70. The van der Waals surface area contributed by atoms with E-state index in [0.717, 1.165) is 25.7 Å². The molecule has 2 rings (SSSR count). The van der Waals surface area contributed by atoms with E-state index in [9.17, 15) is 5.11 Å².